The highest BCUT2D eigenvalue weighted by molar-refractivity contribution is 8.00. The fourth-order valence-corrected chi connectivity index (χ4v) is 5.19. The number of amides is 2. The van der Waals surface area contributed by atoms with Crippen LogP contribution in [0.1, 0.15) is 25.6 Å². The van der Waals surface area contributed by atoms with Gasteiger partial charge in [-0.15, -0.1) is 22.7 Å². The Morgan fingerprint density at radius 2 is 2.07 bits per heavy atom. The Hall–Kier alpha value is -2.54. The molecule has 0 atom stereocenters. The maximum Gasteiger partial charge on any atom is 0.341 e. The van der Waals surface area contributed by atoms with Gasteiger partial charge >= 0.3 is 5.97 Å². The van der Waals surface area contributed by atoms with Crippen LogP contribution in [0.2, 0.25) is 0 Å². The number of anilines is 1. The van der Waals surface area contributed by atoms with Crippen LogP contribution in [0.5, 0.6) is 0 Å². The zero-order valence-electron chi connectivity index (χ0n) is 16.1. The molecule has 3 aromatic rings. The minimum atomic E-state index is -0.681. The summed E-state index contributed by atoms with van der Waals surface area (Å²) in [7, 11) is 1.49. The van der Waals surface area contributed by atoms with Crippen molar-refractivity contribution < 1.29 is 23.9 Å². The summed E-state index contributed by atoms with van der Waals surface area (Å²) >= 11 is 3.69. The molecule has 0 bridgehead atoms. The fraction of sp³-hybridized carbons (Fsp3) is 0.278. The summed E-state index contributed by atoms with van der Waals surface area (Å²) in [5.74, 6) is -1.64. The number of nitrogens with two attached hydrogens (primary N) is 1. The third-order valence-electron chi connectivity index (χ3n) is 3.91. The van der Waals surface area contributed by atoms with E-state index in [1.807, 2.05) is 11.4 Å². The third-order valence-corrected chi connectivity index (χ3v) is 6.96. The van der Waals surface area contributed by atoms with Crippen molar-refractivity contribution in [2.45, 2.75) is 11.9 Å². The maximum absolute atomic E-state index is 12.5. The van der Waals surface area contributed by atoms with E-state index in [1.165, 1.54) is 36.5 Å². The number of rotatable bonds is 9. The Bertz CT molecular complexity index is 1090. The summed E-state index contributed by atoms with van der Waals surface area (Å²) in [5.41, 5.74) is 5.88. The second kappa shape index (κ2) is 9.98. The molecule has 0 fully saturated rings. The SMILES string of the molecule is COCCOC(=O)c1c(NC(=O)CSc2ncnc3sccc23)sc(C(N)=O)c1C. The molecule has 158 valence electrons. The Labute approximate surface area is 184 Å². The minimum Gasteiger partial charge on any atom is -0.460 e. The van der Waals surface area contributed by atoms with Gasteiger partial charge in [-0.25, -0.2) is 14.8 Å². The lowest BCUT2D eigenvalue weighted by atomic mass is 10.1. The van der Waals surface area contributed by atoms with Crippen molar-refractivity contribution in [3.05, 3.63) is 33.8 Å². The molecule has 0 aliphatic carbocycles. The van der Waals surface area contributed by atoms with E-state index >= 15 is 0 Å². The van der Waals surface area contributed by atoms with Gasteiger partial charge in [-0.2, -0.15) is 0 Å². The standard InChI is InChI=1S/C18H18N4O5S3/c1-9-12(18(25)27-5-4-26-2)17(30-13(9)14(19)24)22-11(23)7-29-16-10-3-6-28-15(10)20-8-21-16/h3,6,8H,4-5,7H2,1-2H3,(H2,19,24)(H,22,23). The molecule has 3 rings (SSSR count). The summed E-state index contributed by atoms with van der Waals surface area (Å²) in [5, 5.41) is 6.39. The molecule has 0 unspecified atom stereocenters. The van der Waals surface area contributed by atoms with Crippen molar-refractivity contribution in [3.8, 4) is 0 Å². The summed E-state index contributed by atoms with van der Waals surface area (Å²) in [4.78, 5) is 46.1. The molecule has 0 aromatic carbocycles. The molecule has 9 nitrogen and oxygen atoms in total. The predicted octanol–water partition coefficient (Wildman–Crippen LogP) is 2.69. The lowest BCUT2D eigenvalue weighted by molar-refractivity contribution is -0.113. The number of aromatic nitrogens is 2. The summed E-state index contributed by atoms with van der Waals surface area (Å²) in [6.45, 7) is 1.86. The number of hydrogen-bond donors (Lipinski definition) is 2. The first-order valence-electron chi connectivity index (χ1n) is 8.62. The number of carbonyl (C=O) groups excluding carboxylic acids is 3. The van der Waals surface area contributed by atoms with Crippen LogP contribution < -0.4 is 11.1 Å². The van der Waals surface area contributed by atoms with Crippen molar-refractivity contribution in [3.63, 3.8) is 0 Å². The van der Waals surface area contributed by atoms with E-state index in [2.05, 4.69) is 15.3 Å². The minimum absolute atomic E-state index is 0.0457. The first-order valence-corrected chi connectivity index (χ1v) is 11.3. The van der Waals surface area contributed by atoms with E-state index in [9.17, 15) is 14.4 Å². The number of primary amides is 1. The van der Waals surface area contributed by atoms with Gasteiger partial charge in [0.15, 0.2) is 0 Å². The number of esters is 1. The highest BCUT2D eigenvalue weighted by Crippen LogP contribution is 2.34. The topological polar surface area (TPSA) is 134 Å². The highest BCUT2D eigenvalue weighted by Gasteiger charge is 2.26. The lowest BCUT2D eigenvalue weighted by Gasteiger charge is -2.08. The molecule has 3 heterocycles. The second-order valence-electron chi connectivity index (χ2n) is 5.91. The molecule has 0 aliphatic heterocycles. The van der Waals surface area contributed by atoms with Crippen LogP contribution in [0.4, 0.5) is 5.00 Å². The van der Waals surface area contributed by atoms with E-state index in [0.717, 1.165) is 21.6 Å². The van der Waals surface area contributed by atoms with Crippen LogP contribution in [-0.2, 0) is 14.3 Å². The molecule has 0 spiro atoms. The smallest absolute Gasteiger partial charge is 0.341 e. The molecule has 30 heavy (non-hydrogen) atoms. The van der Waals surface area contributed by atoms with Gasteiger partial charge in [0.2, 0.25) is 5.91 Å². The molecule has 12 heteroatoms. The monoisotopic (exact) mass is 466 g/mol. The molecular weight excluding hydrogens is 448 g/mol. The van der Waals surface area contributed by atoms with Gasteiger partial charge in [0.05, 0.1) is 22.8 Å². The molecule has 0 radical (unpaired) electrons. The second-order valence-corrected chi connectivity index (χ2v) is 8.79. The summed E-state index contributed by atoms with van der Waals surface area (Å²) in [6, 6.07) is 1.90. The number of thiophene rings is 2. The normalized spacial score (nSPS) is 10.9. The molecule has 0 saturated heterocycles. The third kappa shape index (κ3) is 4.95. The van der Waals surface area contributed by atoms with Gasteiger partial charge in [0.1, 0.15) is 27.8 Å². The van der Waals surface area contributed by atoms with Gasteiger partial charge in [0, 0.05) is 12.5 Å². The van der Waals surface area contributed by atoms with Gasteiger partial charge in [0.25, 0.3) is 5.91 Å². The fourth-order valence-electron chi connectivity index (χ4n) is 2.55. The Balaban J connectivity index is 1.75. The Kier molecular flexibility index (Phi) is 7.37. The van der Waals surface area contributed by atoms with Crippen molar-refractivity contribution >= 4 is 67.4 Å². The largest absolute Gasteiger partial charge is 0.460 e. The predicted molar refractivity (Wildman–Crippen MR) is 117 cm³/mol. The Morgan fingerprint density at radius 1 is 1.27 bits per heavy atom. The van der Waals surface area contributed by atoms with Crippen LogP contribution in [-0.4, -0.2) is 53.8 Å². The number of nitrogens with zero attached hydrogens (tertiary/aromatic N) is 2. The average Bonchev–Trinajstić information content (AvgIpc) is 3.31. The van der Waals surface area contributed by atoms with Gasteiger partial charge in [-0.1, -0.05) is 11.8 Å². The maximum atomic E-state index is 12.5. The molecule has 2 amide bonds. The van der Waals surface area contributed by atoms with Crippen molar-refractivity contribution in [2.75, 3.05) is 31.4 Å². The van der Waals surface area contributed by atoms with Gasteiger partial charge in [-0.05, 0) is 23.9 Å². The highest BCUT2D eigenvalue weighted by atomic mass is 32.2. The quantitative estimate of drug-likeness (QED) is 0.213. The number of nitrogens with one attached hydrogen (secondary N) is 1. The van der Waals surface area contributed by atoms with E-state index in [-0.39, 0.29) is 40.3 Å². The van der Waals surface area contributed by atoms with Crippen LogP contribution in [0.25, 0.3) is 10.2 Å². The van der Waals surface area contributed by atoms with Crippen LogP contribution in [0.15, 0.2) is 22.8 Å². The molecule has 0 saturated carbocycles. The average molecular weight is 467 g/mol. The first-order chi connectivity index (χ1) is 14.4. The van der Waals surface area contributed by atoms with Crippen molar-refractivity contribution in [1.29, 1.82) is 0 Å². The number of carbonyl (C=O) groups is 3. The van der Waals surface area contributed by atoms with Gasteiger partial charge < -0.3 is 20.5 Å². The van der Waals surface area contributed by atoms with Crippen LogP contribution in [0.3, 0.4) is 0 Å². The van der Waals surface area contributed by atoms with E-state index in [1.54, 1.807) is 6.92 Å². The number of thioether (sulfide) groups is 1. The number of hydrogen-bond acceptors (Lipinski definition) is 10. The van der Waals surface area contributed by atoms with Gasteiger partial charge in [-0.3, -0.25) is 9.59 Å². The molecule has 3 aromatic heterocycles. The summed E-state index contributed by atoms with van der Waals surface area (Å²) < 4.78 is 10.0. The van der Waals surface area contributed by atoms with E-state index < -0.39 is 11.9 Å². The zero-order chi connectivity index (χ0) is 21.7. The lowest BCUT2D eigenvalue weighted by Crippen LogP contribution is -2.17. The molecular formula is C18H18N4O5S3. The van der Waals surface area contributed by atoms with Crippen molar-refractivity contribution in [2.24, 2.45) is 5.73 Å². The van der Waals surface area contributed by atoms with Crippen LogP contribution in [0, 0.1) is 6.92 Å². The molecule has 0 aliphatic rings. The number of fused-ring (bicyclic) bond motifs is 1. The van der Waals surface area contributed by atoms with E-state index in [4.69, 9.17) is 15.2 Å². The molecule has 3 N–H and O–H groups in total. The number of ether oxygens (including phenoxy) is 2. The number of methoxy groups -OCH3 is 1. The summed E-state index contributed by atoms with van der Waals surface area (Å²) in [6.07, 6.45) is 1.45. The van der Waals surface area contributed by atoms with E-state index in [0.29, 0.717) is 10.6 Å². The Morgan fingerprint density at radius 3 is 2.80 bits per heavy atom. The van der Waals surface area contributed by atoms with Crippen molar-refractivity contribution in [1.82, 2.24) is 9.97 Å². The van der Waals surface area contributed by atoms with Crippen LogP contribution >= 0.6 is 34.4 Å². The first kappa shape index (κ1) is 22.2. The zero-order valence-corrected chi connectivity index (χ0v) is 18.5.